The predicted molar refractivity (Wildman–Crippen MR) is 84.7 cm³/mol. The van der Waals surface area contributed by atoms with Gasteiger partial charge in [-0.1, -0.05) is 43.3 Å². The van der Waals surface area contributed by atoms with Gasteiger partial charge in [0.2, 0.25) is 0 Å². The minimum absolute atomic E-state index is 0.155. The maximum Gasteiger partial charge on any atom is 0.115 e. The SMILES string of the molecule is C=C(c1ccc(C)cc1)N1CC(CC)(NC)NCC1=N. The molecule has 4 heteroatoms. The Morgan fingerprint density at radius 3 is 2.65 bits per heavy atom. The summed E-state index contributed by atoms with van der Waals surface area (Å²) in [7, 11) is 1.96. The van der Waals surface area contributed by atoms with Crippen LogP contribution in [0.1, 0.15) is 24.5 Å². The fourth-order valence-electron chi connectivity index (χ4n) is 2.51. The number of amidine groups is 1. The van der Waals surface area contributed by atoms with Crippen molar-refractivity contribution in [2.24, 2.45) is 0 Å². The number of nitrogens with one attached hydrogen (secondary N) is 3. The molecule has 1 aromatic rings. The van der Waals surface area contributed by atoms with Crippen molar-refractivity contribution in [3.8, 4) is 0 Å². The van der Waals surface area contributed by atoms with Crippen LogP contribution in [-0.4, -0.2) is 36.5 Å². The standard InChI is InChI=1S/C16H24N4/c1-5-16(18-4)11-20(15(17)10-19-16)13(3)14-8-6-12(2)7-9-14/h6-9,17-19H,3,5,10-11H2,1-2,4H3. The molecule has 1 aromatic carbocycles. The topological polar surface area (TPSA) is 51.1 Å². The number of benzene rings is 1. The highest BCUT2D eigenvalue weighted by atomic mass is 15.3. The zero-order valence-corrected chi connectivity index (χ0v) is 12.6. The Morgan fingerprint density at radius 1 is 1.45 bits per heavy atom. The molecular weight excluding hydrogens is 248 g/mol. The van der Waals surface area contributed by atoms with Gasteiger partial charge in [-0.2, -0.15) is 0 Å². The summed E-state index contributed by atoms with van der Waals surface area (Å²) in [5, 5.41) is 14.9. The van der Waals surface area contributed by atoms with Gasteiger partial charge in [-0.15, -0.1) is 0 Å². The third-order valence-electron chi connectivity index (χ3n) is 4.14. The van der Waals surface area contributed by atoms with Gasteiger partial charge in [0.25, 0.3) is 0 Å². The molecule has 0 aliphatic carbocycles. The molecule has 2 rings (SSSR count). The predicted octanol–water partition coefficient (Wildman–Crippen LogP) is 2.17. The van der Waals surface area contributed by atoms with E-state index >= 15 is 0 Å². The van der Waals surface area contributed by atoms with E-state index in [0.717, 1.165) is 17.7 Å². The number of aryl methyl sites for hydroxylation is 1. The highest BCUT2D eigenvalue weighted by Gasteiger charge is 2.35. The lowest BCUT2D eigenvalue weighted by Gasteiger charge is -2.45. The Bertz CT molecular complexity index is 500. The van der Waals surface area contributed by atoms with Gasteiger partial charge in [-0.25, -0.2) is 0 Å². The summed E-state index contributed by atoms with van der Waals surface area (Å²) in [5.41, 5.74) is 3.04. The fourth-order valence-corrected chi connectivity index (χ4v) is 2.51. The summed E-state index contributed by atoms with van der Waals surface area (Å²) in [6.45, 7) is 9.68. The van der Waals surface area contributed by atoms with Gasteiger partial charge in [0.15, 0.2) is 0 Å². The van der Waals surface area contributed by atoms with Crippen LogP contribution in [0.5, 0.6) is 0 Å². The van der Waals surface area contributed by atoms with E-state index in [1.54, 1.807) is 0 Å². The molecule has 3 N–H and O–H groups in total. The second-order valence-electron chi connectivity index (χ2n) is 5.38. The summed E-state index contributed by atoms with van der Waals surface area (Å²) < 4.78 is 0. The van der Waals surface area contributed by atoms with Crippen LogP contribution < -0.4 is 10.6 Å². The average Bonchev–Trinajstić information content (AvgIpc) is 2.48. The molecule has 0 bridgehead atoms. The van der Waals surface area contributed by atoms with Crippen LogP contribution in [0.3, 0.4) is 0 Å². The van der Waals surface area contributed by atoms with Gasteiger partial charge in [0.05, 0.1) is 18.8 Å². The molecule has 4 nitrogen and oxygen atoms in total. The van der Waals surface area contributed by atoms with Gasteiger partial charge < -0.3 is 10.2 Å². The Labute approximate surface area is 121 Å². The highest BCUT2D eigenvalue weighted by Crippen LogP contribution is 2.23. The van der Waals surface area contributed by atoms with Crippen molar-refractivity contribution in [3.63, 3.8) is 0 Å². The summed E-state index contributed by atoms with van der Waals surface area (Å²) in [6.07, 6.45) is 0.953. The minimum Gasteiger partial charge on any atom is -0.326 e. The Kier molecular flexibility index (Phi) is 4.26. The summed E-state index contributed by atoms with van der Waals surface area (Å²) in [5.74, 6) is 0.565. The van der Waals surface area contributed by atoms with E-state index in [2.05, 4.69) is 55.3 Å². The Balaban J connectivity index is 2.23. The molecule has 0 aromatic heterocycles. The molecule has 1 aliphatic rings. The highest BCUT2D eigenvalue weighted by molar-refractivity contribution is 5.90. The first-order valence-electron chi connectivity index (χ1n) is 7.06. The van der Waals surface area contributed by atoms with Crippen LogP contribution in [0, 0.1) is 12.3 Å². The maximum atomic E-state index is 8.17. The van der Waals surface area contributed by atoms with E-state index in [0.29, 0.717) is 18.9 Å². The normalized spacial score (nSPS) is 22.9. The summed E-state index contributed by atoms with van der Waals surface area (Å²) in [4.78, 5) is 2.00. The number of hydrogen-bond donors (Lipinski definition) is 3. The molecule has 1 saturated heterocycles. The molecule has 1 unspecified atom stereocenters. The van der Waals surface area contributed by atoms with Crippen molar-refractivity contribution < 1.29 is 0 Å². The monoisotopic (exact) mass is 272 g/mol. The van der Waals surface area contributed by atoms with Gasteiger partial charge in [0.1, 0.15) is 5.84 Å². The van der Waals surface area contributed by atoms with Crippen LogP contribution >= 0.6 is 0 Å². The van der Waals surface area contributed by atoms with Crippen LogP contribution in [0.4, 0.5) is 0 Å². The second-order valence-corrected chi connectivity index (χ2v) is 5.38. The van der Waals surface area contributed by atoms with E-state index in [1.807, 2.05) is 11.9 Å². The summed E-state index contributed by atoms with van der Waals surface area (Å²) in [6, 6.07) is 8.30. The maximum absolute atomic E-state index is 8.17. The number of hydrogen-bond acceptors (Lipinski definition) is 3. The van der Waals surface area contributed by atoms with Crippen LogP contribution in [0.2, 0.25) is 0 Å². The molecule has 1 atom stereocenters. The largest absolute Gasteiger partial charge is 0.326 e. The van der Waals surface area contributed by atoms with Crippen molar-refractivity contribution in [2.45, 2.75) is 25.9 Å². The number of likely N-dealkylation sites (N-methyl/N-ethyl adjacent to an activating group) is 1. The first-order chi connectivity index (χ1) is 9.51. The summed E-state index contributed by atoms with van der Waals surface area (Å²) >= 11 is 0. The van der Waals surface area contributed by atoms with Gasteiger partial charge >= 0.3 is 0 Å². The quantitative estimate of drug-likeness (QED) is 0.787. The molecule has 0 amide bonds. The van der Waals surface area contributed by atoms with E-state index in [4.69, 9.17) is 5.41 Å². The molecule has 20 heavy (non-hydrogen) atoms. The minimum atomic E-state index is -0.155. The first-order valence-corrected chi connectivity index (χ1v) is 7.06. The lowest BCUT2D eigenvalue weighted by Crippen LogP contribution is -2.67. The molecule has 1 heterocycles. The third-order valence-corrected chi connectivity index (χ3v) is 4.14. The number of nitrogens with zero attached hydrogens (tertiary/aromatic N) is 1. The van der Waals surface area contributed by atoms with E-state index in [9.17, 15) is 0 Å². The van der Waals surface area contributed by atoms with E-state index < -0.39 is 0 Å². The molecular formula is C16H24N4. The van der Waals surface area contributed by atoms with Crippen LogP contribution in [0.25, 0.3) is 5.70 Å². The van der Waals surface area contributed by atoms with Gasteiger partial charge in [-0.3, -0.25) is 10.7 Å². The second kappa shape index (κ2) is 5.77. The number of rotatable bonds is 4. The van der Waals surface area contributed by atoms with Crippen LogP contribution in [0.15, 0.2) is 30.8 Å². The average molecular weight is 272 g/mol. The Hall–Kier alpha value is -1.65. The molecule has 0 spiro atoms. The lowest BCUT2D eigenvalue weighted by atomic mass is 10.0. The molecule has 1 aliphatic heterocycles. The van der Waals surface area contributed by atoms with E-state index in [-0.39, 0.29) is 5.66 Å². The van der Waals surface area contributed by atoms with E-state index in [1.165, 1.54) is 5.56 Å². The Morgan fingerprint density at radius 2 is 2.10 bits per heavy atom. The number of piperazine rings is 1. The first kappa shape index (κ1) is 14.8. The molecule has 1 fully saturated rings. The van der Waals surface area contributed by atoms with Crippen molar-refractivity contribution >= 4 is 11.5 Å². The third kappa shape index (κ3) is 2.76. The van der Waals surface area contributed by atoms with Crippen molar-refractivity contribution in [3.05, 3.63) is 42.0 Å². The van der Waals surface area contributed by atoms with Gasteiger partial charge in [-0.05, 0) is 26.0 Å². The molecule has 0 radical (unpaired) electrons. The smallest absolute Gasteiger partial charge is 0.115 e. The lowest BCUT2D eigenvalue weighted by molar-refractivity contribution is 0.213. The fraction of sp³-hybridized carbons (Fsp3) is 0.438. The van der Waals surface area contributed by atoms with Crippen LogP contribution in [-0.2, 0) is 0 Å². The van der Waals surface area contributed by atoms with Gasteiger partial charge in [0, 0.05) is 5.70 Å². The molecule has 0 saturated carbocycles. The van der Waals surface area contributed by atoms with Crippen molar-refractivity contribution in [1.82, 2.24) is 15.5 Å². The molecule has 108 valence electrons. The van der Waals surface area contributed by atoms with Crippen molar-refractivity contribution in [2.75, 3.05) is 20.1 Å². The van der Waals surface area contributed by atoms with Crippen molar-refractivity contribution in [1.29, 1.82) is 5.41 Å². The zero-order valence-electron chi connectivity index (χ0n) is 12.6. The zero-order chi connectivity index (χ0) is 14.8.